The normalized spacial score (nSPS) is 26.0. The van der Waals surface area contributed by atoms with E-state index in [1.807, 2.05) is 54.6 Å². The van der Waals surface area contributed by atoms with E-state index in [0.717, 1.165) is 18.4 Å². The molecule has 6 atom stereocenters. The molecule has 6 rings (SSSR count). The van der Waals surface area contributed by atoms with Crippen LogP contribution in [0.1, 0.15) is 32.1 Å². The molecule has 3 fully saturated rings. The molecule has 3 aromatic rings. The van der Waals surface area contributed by atoms with Crippen molar-refractivity contribution in [3.05, 3.63) is 79.9 Å². The highest BCUT2D eigenvalue weighted by molar-refractivity contribution is 9.09. The van der Waals surface area contributed by atoms with Gasteiger partial charge in [-0.1, -0.05) is 76.5 Å². The molecule has 1 spiro atoms. The maximum absolute atomic E-state index is 14.8. The summed E-state index contributed by atoms with van der Waals surface area (Å²) in [5.41, 5.74) is 0.998. The Morgan fingerprint density at radius 2 is 1.74 bits per heavy atom. The van der Waals surface area contributed by atoms with Crippen LogP contribution in [-0.4, -0.2) is 96.4 Å². The second kappa shape index (κ2) is 14.1. The maximum Gasteiger partial charge on any atom is 0.250 e. The molecular weight excluding hydrogens is 664 g/mol. The summed E-state index contributed by atoms with van der Waals surface area (Å²) in [6.45, 7) is 8.80. The average Bonchev–Trinajstić information content (AvgIpc) is 3.80. The fraction of sp³-hybridized carbons (Fsp3) is 0.457. The Labute approximate surface area is 283 Å². The van der Waals surface area contributed by atoms with Gasteiger partial charge in [-0.25, -0.2) is 4.68 Å². The first-order valence-electron chi connectivity index (χ1n) is 16.2. The van der Waals surface area contributed by atoms with Gasteiger partial charge in [0.2, 0.25) is 17.7 Å². The van der Waals surface area contributed by atoms with E-state index in [9.17, 15) is 19.5 Å². The molecule has 0 aliphatic carbocycles. The lowest BCUT2D eigenvalue weighted by Crippen LogP contribution is -2.57. The van der Waals surface area contributed by atoms with E-state index in [4.69, 9.17) is 4.74 Å². The number of benzene rings is 2. The Morgan fingerprint density at radius 1 is 1.02 bits per heavy atom. The van der Waals surface area contributed by atoms with E-state index in [1.54, 1.807) is 31.5 Å². The van der Waals surface area contributed by atoms with Crippen molar-refractivity contribution in [2.24, 2.45) is 11.8 Å². The number of hydrogen-bond acceptors (Lipinski definition) is 7. The molecule has 1 N–H and O–H groups in total. The number of rotatable bonds is 15. The largest absolute Gasteiger partial charge is 0.396 e. The number of aromatic nitrogens is 3. The fourth-order valence-electron chi connectivity index (χ4n) is 7.65. The molecule has 3 aliphatic heterocycles. The Kier molecular flexibility index (Phi) is 9.90. The van der Waals surface area contributed by atoms with Crippen LogP contribution in [0.15, 0.2) is 79.9 Å². The van der Waals surface area contributed by atoms with E-state index in [0.29, 0.717) is 37.0 Å². The van der Waals surface area contributed by atoms with Gasteiger partial charge in [0, 0.05) is 36.8 Å². The van der Waals surface area contributed by atoms with Gasteiger partial charge in [0.15, 0.2) is 0 Å². The number of halogens is 1. The standard InChI is InChI=1S/C35H41BrN6O5/c1-3-18-39(23-42-27-17-11-10-16-26(27)37-38-42)34(46)31-35-22-25(36)30(47-35)28(29(35)33(45)41(31)20-12-5-6-13-21-43)32(44)40(19-4-2)24-14-8-7-9-15-24/h3-4,7-11,14-17,25,28-31,43H,1-2,5-6,12-13,18-23H2/t25?,28-,29+,30-,31?,35?/m1/s1. The quantitative estimate of drug-likeness (QED) is 0.145. The number of anilines is 1. The molecule has 4 heterocycles. The smallest absolute Gasteiger partial charge is 0.250 e. The number of nitrogens with zero attached hydrogens (tertiary/aromatic N) is 6. The van der Waals surface area contributed by atoms with Crippen LogP contribution >= 0.6 is 15.9 Å². The van der Waals surface area contributed by atoms with Gasteiger partial charge in [-0.3, -0.25) is 14.4 Å². The second-order valence-corrected chi connectivity index (χ2v) is 13.7. The molecule has 3 saturated heterocycles. The van der Waals surface area contributed by atoms with E-state index in [-0.39, 0.29) is 48.9 Å². The zero-order valence-electron chi connectivity index (χ0n) is 26.4. The van der Waals surface area contributed by atoms with Crippen LogP contribution in [-0.2, 0) is 25.8 Å². The van der Waals surface area contributed by atoms with Gasteiger partial charge in [0.1, 0.15) is 23.8 Å². The first kappa shape index (κ1) is 33.0. The number of unbranched alkanes of at least 4 members (excludes halogenated alkanes) is 3. The minimum Gasteiger partial charge on any atom is -0.396 e. The molecule has 248 valence electrons. The Bertz CT molecular complexity index is 1630. The van der Waals surface area contributed by atoms with E-state index in [2.05, 4.69) is 39.4 Å². The number of fused-ring (bicyclic) bond motifs is 2. The van der Waals surface area contributed by atoms with Crippen LogP contribution in [0, 0.1) is 11.8 Å². The lowest BCUT2D eigenvalue weighted by atomic mass is 9.70. The number of likely N-dealkylation sites (tertiary alicyclic amines) is 1. The monoisotopic (exact) mass is 704 g/mol. The predicted molar refractivity (Wildman–Crippen MR) is 181 cm³/mol. The molecule has 0 saturated carbocycles. The Hall–Kier alpha value is -3.87. The summed E-state index contributed by atoms with van der Waals surface area (Å²) in [5.74, 6) is -2.35. The van der Waals surface area contributed by atoms with Crippen molar-refractivity contribution in [2.75, 3.05) is 31.1 Å². The Balaban J connectivity index is 1.37. The van der Waals surface area contributed by atoms with Crippen LogP contribution in [0.5, 0.6) is 0 Å². The molecule has 0 radical (unpaired) electrons. The zero-order chi connectivity index (χ0) is 33.1. The van der Waals surface area contributed by atoms with Gasteiger partial charge in [0.25, 0.3) is 0 Å². The minimum atomic E-state index is -1.20. The first-order chi connectivity index (χ1) is 22.9. The van der Waals surface area contributed by atoms with Gasteiger partial charge in [-0.2, -0.15) is 0 Å². The summed E-state index contributed by atoms with van der Waals surface area (Å²) in [5, 5.41) is 17.8. The van der Waals surface area contributed by atoms with Crippen molar-refractivity contribution in [3.8, 4) is 0 Å². The summed E-state index contributed by atoms with van der Waals surface area (Å²) in [6, 6.07) is 15.9. The van der Waals surface area contributed by atoms with Crippen molar-refractivity contribution in [1.29, 1.82) is 0 Å². The molecule has 11 nitrogen and oxygen atoms in total. The second-order valence-electron chi connectivity index (χ2n) is 12.5. The highest BCUT2D eigenvalue weighted by Gasteiger charge is 2.76. The van der Waals surface area contributed by atoms with Crippen LogP contribution < -0.4 is 4.90 Å². The number of amides is 3. The molecule has 2 bridgehead atoms. The average molecular weight is 706 g/mol. The molecule has 3 aliphatic rings. The topological polar surface area (TPSA) is 121 Å². The van der Waals surface area contributed by atoms with Gasteiger partial charge < -0.3 is 24.5 Å². The Morgan fingerprint density at radius 3 is 2.49 bits per heavy atom. The number of alkyl halides is 1. The van der Waals surface area contributed by atoms with Crippen LogP contribution in [0.25, 0.3) is 11.0 Å². The number of ether oxygens (including phenoxy) is 1. The first-order valence-corrected chi connectivity index (χ1v) is 17.2. The van der Waals surface area contributed by atoms with Gasteiger partial charge in [0.05, 0.1) is 23.5 Å². The molecule has 1 aromatic heterocycles. The van der Waals surface area contributed by atoms with Crippen molar-refractivity contribution in [1.82, 2.24) is 24.8 Å². The SMILES string of the molecule is C=CCN(Cn1nnc2ccccc21)C(=O)C1N(CCCCCCO)C(=O)[C@@H]2[C@@H](C(=O)N(CC=C)c3ccccc3)[C@@H]3OC12CC3Br. The third-order valence-corrected chi connectivity index (χ3v) is 10.5. The zero-order valence-corrected chi connectivity index (χ0v) is 28.0. The lowest BCUT2D eigenvalue weighted by molar-refractivity contribution is -0.149. The van der Waals surface area contributed by atoms with Crippen molar-refractivity contribution in [3.63, 3.8) is 0 Å². The number of aliphatic hydroxyl groups excluding tert-OH is 1. The van der Waals surface area contributed by atoms with Crippen LogP contribution in [0.2, 0.25) is 0 Å². The van der Waals surface area contributed by atoms with E-state index >= 15 is 0 Å². The molecule has 3 unspecified atom stereocenters. The van der Waals surface area contributed by atoms with E-state index in [1.165, 1.54) is 0 Å². The molecule has 2 aromatic carbocycles. The minimum absolute atomic E-state index is 0.103. The number of hydrogen-bond donors (Lipinski definition) is 1. The van der Waals surface area contributed by atoms with Crippen molar-refractivity contribution >= 4 is 50.4 Å². The van der Waals surface area contributed by atoms with Crippen LogP contribution in [0.3, 0.4) is 0 Å². The van der Waals surface area contributed by atoms with Crippen molar-refractivity contribution < 1.29 is 24.2 Å². The highest BCUT2D eigenvalue weighted by Crippen LogP contribution is 2.60. The lowest BCUT2D eigenvalue weighted by Gasteiger charge is -2.37. The summed E-state index contributed by atoms with van der Waals surface area (Å²) < 4.78 is 8.45. The maximum atomic E-state index is 14.8. The van der Waals surface area contributed by atoms with E-state index < -0.39 is 29.6 Å². The third-order valence-electron chi connectivity index (χ3n) is 9.65. The number of carbonyl (C=O) groups excluding carboxylic acids is 3. The summed E-state index contributed by atoms with van der Waals surface area (Å²) >= 11 is 3.79. The van der Waals surface area contributed by atoms with Crippen molar-refractivity contribution in [2.45, 2.75) is 61.3 Å². The fourth-order valence-corrected chi connectivity index (χ4v) is 8.59. The summed E-state index contributed by atoms with van der Waals surface area (Å²) in [4.78, 5) is 48.6. The molecule has 12 heteroatoms. The predicted octanol–water partition coefficient (Wildman–Crippen LogP) is 3.92. The van der Waals surface area contributed by atoms with Gasteiger partial charge >= 0.3 is 0 Å². The molecule has 3 amide bonds. The van der Waals surface area contributed by atoms with Crippen LogP contribution in [0.4, 0.5) is 5.69 Å². The number of aliphatic hydroxyl groups is 1. The number of para-hydroxylation sites is 2. The summed E-state index contributed by atoms with van der Waals surface area (Å²) in [7, 11) is 0. The molecule has 47 heavy (non-hydrogen) atoms. The third kappa shape index (κ3) is 5.91. The van der Waals surface area contributed by atoms with Gasteiger partial charge in [-0.15, -0.1) is 18.3 Å². The van der Waals surface area contributed by atoms with Gasteiger partial charge in [-0.05, 0) is 43.5 Å². The molecular formula is C35H41BrN6O5. The number of carbonyl (C=O) groups is 3. The highest BCUT2D eigenvalue weighted by atomic mass is 79.9. The summed E-state index contributed by atoms with van der Waals surface area (Å²) in [6.07, 6.45) is 6.08.